The molecule has 0 amide bonds. The van der Waals surface area contributed by atoms with Gasteiger partial charge in [0, 0.05) is 38.3 Å². The largest absolute Gasteiger partial charge is 0.434 e. The lowest BCUT2D eigenvalue weighted by Gasteiger charge is -2.41. The molecule has 10 heteroatoms. The van der Waals surface area contributed by atoms with Crippen molar-refractivity contribution in [2.75, 3.05) is 29.4 Å². The summed E-state index contributed by atoms with van der Waals surface area (Å²) in [5, 5.41) is 9.00. The molecule has 4 rings (SSSR count). The third kappa shape index (κ3) is 5.11. The number of rotatable bonds is 5. The maximum Gasteiger partial charge on any atom is 0.434 e. The van der Waals surface area contributed by atoms with Gasteiger partial charge in [-0.2, -0.15) is 18.3 Å². The number of ketones is 1. The molecule has 2 aromatic heterocycles. The van der Waals surface area contributed by atoms with Gasteiger partial charge in [-0.3, -0.25) is 4.79 Å². The maximum atomic E-state index is 13.5. The first-order chi connectivity index (χ1) is 16.6. The predicted molar refractivity (Wildman–Crippen MR) is 127 cm³/mol. The highest BCUT2D eigenvalue weighted by Crippen LogP contribution is 2.32. The van der Waals surface area contributed by atoms with Crippen molar-refractivity contribution in [3.05, 3.63) is 70.2 Å². The van der Waals surface area contributed by atoms with Crippen molar-refractivity contribution in [3.63, 3.8) is 0 Å². The number of anilines is 2. The van der Waals surface area contributed by atoms with Crippen LogP contribution in [0, 0.1) is 13.8 Å². The van der Waals surface area contributed by atoms with Crippen molar-refractivity contribution in [1.82, 2.24) is 20.2 Å². The minimum Gasteiger partial charge on any atom is -0.351 e. The number of halogens is 3. The Hall–Kier alpha value is -3.56. The van der Waals surface area contributed by atoms with Gasteiger partial charge in [0.2, 0.25) is 5.95 Å². The topological polar surface area (TPSA) is 75.1 Å². The van der Waals surface area contributed by atoms with Gasteiger partial charge in [-0.05, 0) is 44.4 Å². The number of benzene rings is 1. The van der Waals surface area contributed by atoms with Gasteiger partial charge in [-0.1, -0.05) is 30.3 Å². The van der Waals surface area contributed by atoms with Gasteiger partial charge in [0.15, 0.2) is 17.3 Å². The second kappa shape index (κ2) is 9.59. The minimum absolute atomic E-state index is 0.0355. The van der Waals surface area contributed by atoms with Crippen LogP contribution in [0.3, 0.4) is 0 Å². The van der Waals surface area contributed by atoms with Crippen LogP contribution in [-0.2, 0) is 12.6 Å². The van der Waals surface area contributed by atoms with E-state index in [1.165, 1.54) is 0 Å². The zero-order valence-electron chi connectivity index (χ0n) is 20.1. The molecule has 1 atom stereocenters. The summed E-state index contributed by atoms with van der Waals surface area (Å²) >= 11 is 0. The van der Waals surface area contributed by atoms with Crippen LogP contribution in [0.2, 0.25) is 0 Å². The van der Waals surface area contributed by atoms with E-state index in [9.17, 15) is 18.0 Å². The highest BCUT2D eigenvalue weighted by atomic mass is 19.4. The molecule has 1 aromatic carbocycles. The van der Waals surface area contributed by atoms with Crippen LogP contribution in [0.15, 0.2) is 36.5 Å². The van der Waals surface area contributed by atoms with Crippen LogP contribution < -0.4 is 9.80 Å². The Kier molecular flexibility index (Phi) is 6.73. The van der Waals surface area contributed by atoms with E-state index in [1.807, 2.05) is 39.0 Å². The highest BCUT2D eigenvalue weighted by Gasteiger charge is 2.38. The van der Waals surface area contributed by atoms with Crippen LogP contribution in [-0.4, -0.2) is 51.6 Å². The quantitative estimate of drug-likeness (QED) is 0.497. The van der Waals surface area contributed by atoms with E-state index in [2.05, 4.69) is 37.2 Å². The van der Waals surface area contributed by atoms with E-state index in [4.69, 9.17) is 0 Å². The molecular weight excluding hydrogens is 457 g/mol. The third-order valence-corrected chi connectivity index (χ3v) is 6.42. The van der Waals surface area contributed by atoms with Gasteiger partial charge in [0.1, 0.15) is 0 Å². The highest BCUT2D eigenvalue weighted by molar-refractivity contribution is 5.95. The number of aromatic nitrogens is 4. The molecule has 0 radical (unpaired) electrons. The molecule has 1 fully saturated rings. The Balaban J connectivity index is 1.54. The molecule has 0 saturated carbocycles. The molecule has 3 heterocycles. The fourth-order valence-corrected chi connectivity index (χ4v) is 4.33. The molecule has 1 aliphatic heterocycles. The van der Waals surface area contributed by atoms with Crippen molar-refractivity contribution >= 4 is 17.5 Å². The lowest BCUT2D eigenvalue weighted by Crippen LogP contribution is -2.53. The van der Waals surface area contributed by atoms with E-state index in [0.29, 0.717) is 26.1 Å². The van der Waals surface area contributed by atoms with Crippen molar-refractivity contribution in [2.24, 2.45) is 0 Å². The van der Waals surface area contributed by atoms with Crippen molar-refractivity contribution in [1.29, 1.82) is 0 Å². The lowest BCUT2D eigenvalue weighted by atomic mass is 10.0. The van der Waals surface area contributed by atoms with E-state index in [0.717, 1.165) is 41.3 Å². The summed E-state index contributed by atoms with van der Waals surface area (Å²) in [6.45, 7) is 8.48. The normalized spacial score (nSPS) is 16.5. The van der Waals surface area contributed by atoms with Crippen LogP contribution in [0.25, 0.3) is 0 Å². The Labute approximate surface area is 202 Å². The second-order valence-corrected chi connectivity index (χ2v) is 8.86. The van der Waals surface area contributed by atoms with Gasteiger partial charge >= 0.3 is 6.18 Å². The van der Waals surface area contributed by atoms with Crippen LogP contribution in [0.4, 0.5) is 24.9 Å². The first-order valence-electron chi connectivity index (χ1n) is 11.4. The van der Waals surface area contributed by atoms with Gasteiger partial charge in [0.25, 0.3) is 0 Å². The molecule has 0 aliphatic carbocycles. The van der Waals surface area contributed by atoms with Gasteiger partial charge in [-0.25, -0.2) is 9.97 Å². The summed E-state index contributed by atoms with van der Waals surface area (Å²) in [7, 11) is 0. The minimum atomic E-state index is -4.74. The molecule has 35 heavy (non-hydrogen) atoms. The molecule has 0 unspecified atom stereocenters. The summed E-state index contributed by atoms with van der Waals surface area (Å²) < 4.78 is 40.5. The number of carbonyl (C=O) groups excluding carboxylic acids is 1. The molecule has 1 saturated heterocycles. The van der Waals surface area contributed by atoms with Gasteiger partial charge in [-0.15, -0.1) is 5.10 Å². The number of carbonyl (C=O) groups is 1. The first-order valence-corrected chi connectivity index (χ1v) is 11.4. The molecule has 0 spiro atoms. The number of Topliss-reactive ketones (excluding diaryl/α,β-unsaturated/α-hetero) is 1. The number of nitrogens with zero attached hydrogens (tertiary/aromatic N) is 6. The third-order valence-electron chi connectivity index (χ3n) is 6.42. The second-order valence-electron chi connectivity index (χ2n) is 8.86. The van der Waals surface area contributed by atoms with E-state index >= 15 is 0 Å². The smallest absolute Gasteiger partial charge is 0.351 e. The standard InChI is InChI=1S/C25H27F3N6O/c1-15-14-33(23-17(3)16(2)21(31-32-23)12-19-8-6-5-7-9-19)10-11-34(15)24-29-13-20(18(4)35)22(30-24)25(26,27)28/h5-9,13,15H,10-12,14H2,1-4H3/t15-/m1/s1. The van der Waals surface area contributed by atoms with E-state index in [1.54, 1.807) is 4.90 Å². The zero-order chi connectivity index (χ0) is 25.3. The number of piperazine rings is 1. The molecule has 1 aliphatic rings. The van der Waals surface area contributed by atoms with Gasteiger partial charge < -0.3 is 9.80 Å². The average Bonchev–Trinajstić information content (AvgIpc) is 2.82. The van der Waals surface area contributed by atoms with E-state index in [-0.39, 0.29) is 12.0 Å². The number of hydrogen-bond acceptors (Lipinski definition) is 7. The fourth-order valence-electron chi connectivity index (χ4n) is 4.33. The first kappa shape index (κ1) is 24.6. The van der Waals surface area contributed by atoms with Crippen LogP contribution in [0.5, 0.6) is 0 Å². The fraction of sp³-hybridized carbons (Fsp3) is 0.400. The monoisotopic (exact) mass is 484 g/mol. The van der Waals surface area contributed by atoms with Gasteiger partial charge in [0.05, 0.1) is 11.3 Å². The molecule has 7 nitrogen and oxygen atoms in total. The summed E-state index contributed by atoms with van der Waals surface area (Å²) in [5.74, 6) is 0.0168. The van der Waals surface area contributed by atoms with Crippen molar-refractivity contribution < 1.29 is 18.0 Å². The van der Waals surface area contributed by atoms with Crippen LogP contribution in [0.1, 0.15) is 52.3 Å². The zero-order valence-corrected chi connectivity index (χ0v) is 20.1. The van der Waals surface area contributed by atoms with E-state index < -0.39 is 23.2 Å². The number of hydrogen-bond donors (Lipinski definition) is 0. The molecule has 0 bridgehead atoms. The molecule has 3 aromatic rings. The lowest BCUT2D eigenvalue weighted by molar-refractivity contribution is -0.141. The maximum absolute atomic E-state index is 13.5. The molecular formula is C25H27F3N6O. The van der Waals surface area contributed by atoms with Crippen LogP contribution >= 0.6 is 0 Å². The molecule has 184 valence electrons. The van der Waals surface area contributed by atoms with Crippen molar-refractivity contribution in [3.8, 4) is 0 Å². The Morgan fingerprint density at radius 1 is 1.09 bits per heavy atom. The Bertz CT molecular complexity index is 1230. The summed E-state index contributed by atoms with van der Waals surface area (Å²) in [5.41, 5.74) is 2.47. The average molecular weight is 485 g/mol. The Morgan fingerprint density at radius 2 is 1.80 bits per heavy atom. The van der Waals surface area contributed by atoms with Crippen molar-refractivity contribution in [2.45, 2.75) is 46.3 Å². The summed E-state index contributed by atoms with van der Waals surface area (Å²) in [6, 6.07) is 9.90. The SMILES string of the molecule is CC(=O)c1cnc(N2CCN(c3nnc(Cc4ccccc4)c(C)c3C)C[C@H]2C)nc1C(F)(F)F. The Morgan fingerprint density at radius 3 is 2.43 bits per heavy atom. The summed E-state index contributed by atoms with van der Waals surface area (Å²) in [6.07, 6.45) is -3.08. The molecule has 0 N–H and O–H groups in total. The number of alkyl halides is 3. The predicted octanol–water partition coefficient (Wildman–Crippen LogP) is 4.41. The summed E-state index contributed by atoms with van der Waals surface area (Å²) in [4.78, 5) is 23.3.